The monoisotopic (exact) mass is 236 g/mol. The van der Waals surface area contributed by atoms with Gasteiger partial charge in [-0.15, -0.1) is 0 Å². The third kappa shape index (κ3) is 2.19. The van der Waals surface area contributed by atoms with Crippen LogP contribution in [-0.2, 0) is 0 Å². The van der Waals surface area contributed by atoms with Crippen LogP contribution in [0.2, 0.25) is 0 Å². The summed E-state index contributed by atoms with van der Waals surface area (Å²) in [6, 6.07) is 4.59. The smallest absolute Gasteiger partial charge is 0.261 e. The van der Waals surface area contributed by atoms with Gasteiger partial charge in [0.2, 0.25) is 0 Å². The number of phenols is 2. The van der Waals surface area contributed by atoms with Crippen LogP contribution in [0.1, 0.15) is 16.8 Å². The summed E-state index contributed by atoms with van der Waals surface area (Å²) >= 11 is 0. The van der Waals surface area contributed by atoms with Gasteiger partial charge in [-0.25, -0.2) is 0 Å². The first-order valence-electron chi connectivity index (χ1n) is 5.61. The average molecular weight is 236 g/mol. The van der Waals surface area contributed by atoms with Gasteiger partial charge in [-0.05, 0) is 25.6 Å². The molecule has 1 atom stereocenters. The molecule has 0 aliphatic carbocycles. The summed E-state index contributed by atoms with van der Waals surface area (Å²) in [5, 5.41) is 22.4. The summed E-state index contributed by atoms with van der Waals surface area (Å²) in [5.74, 6) is -0.677. The molecule has 5 nitrogen and oxygen atoms in total. The third-order valence-electron chi connectivity index (χ3n) is 3.12. The maximum atomic E-state index is 12.1. The Hall–Kier alpha value is -1.75. The number of hydrogen-bond donors (Lipinski definition) is 3. The van der Waals surface area contributed by atoms with Crippen LogP contribution in [0.4, 0.5) is 0 Å². The normalized spacial score (nSPS) is 19.6. The van der Waals surface area contributed by atoms with Crippen LogP contribution >= 0.6 is 0 Å². The van der Waals surface area contributed by atoms with Gasteiger partial charge in [0.05, 0.1) is 0 Å². The minimum Gasteiger partial charge on any atom is -0.507 e. The van der Waals surface area contributed by atoms with Gasteiger partial charge in [0.15, 0.2) is 0 Å². The molecule has 3 N–H and O–H groups in total. The van der Waals surface area contributed by atoms with E-state index in [0.717, 1.165) is 6.42 Å². The minimum atomic E-state index is -0.321. The van der Waals surface area contributed by atoms with Crippen LogP contribution in [0.15, 0.2) is 18.2 Å². The molecule has 1 amide bonds. The summed E-state index contributed by atoms with van der Waals surface area (Å²) in [5.41, 5.74) is -0.00995. The van der Waals surface area contributed by atoms with Gasteiger partial charge >= 0.3 is 0 Å². The molecular formula is C12H16N2O3. The van der Waals surface area contributed by atoms with Crippen LogP contribution in [0, 0.1) is 0 Å². The highest BCUT2D eigenvalue weighted by Crippen LogP contribution is 2.28. The first kappa shape index (κ1) is 11.7. The summed E-state index contributed by atoms with van der Waals surface area (Å²) in [4.78, 5) is 13.8. The Bertz CT molecular complexity index is 414. The highest BCUT2D eigenvalue weighted by Gasteiger charge is 2.28. The van der Waals surface area contributed by atoms with Crippen molar-refractivity contribution < 1.29 is 15.0 Å². The topological polar surface area (TPSA) is 72.8 Å². The lowest BCUT2D eigenvalue weighted by molar-refractivity contribution is 0.0783. The van der Waals surface area contributed by atoms with Crippen molar-refractivity contribution in [3.8, 4) is 11.5 Å². The van der Waals surface area contributed by atoms with Gasteiger partial charge in [0.1, 0.15) is 17.1 Å². The van der Waals surface area contributed by atoms with Crippen LogP contribution in [0.5, 0.6) is 11.5 Å². The van der Waals surface area contributed by atoms with Crippen molar-refractivity contribution in [1.29, 1.82) is 0 Å². The zero-order valence-electron chi connectivity index (χ0n) is 9.68. The Morgan fingerprint density at radius 3 is 2.59 bits per heavy atom. The average Bonchev–Trinajstić information content (AvgIpc) is 2.77. The second-order valence-corrected chi connectivity index (χ2v) is 4.20. The molecule has 1 aromatic rings. The van der Waals surface area contributed by atoms with Crippen LogP contribution in [0.3, 0.4) is 0 Å². The van der Waals surface area contributed by atoms with E-state index in [-0.39, 0.29) is 29.0 Å². The fraction of sp³-hybridized carbons (Fsp3) is 0.417. The largest absolute Gasteiger partial charge is 0.507 e. The Morgan fingerprint density at radius 2 is 2.06 bits per heavy atom. The molecule has 1 fully saturated rings. The number of carbonyl (C=O) groups is 1. The number of phenolic OH excluding ortho intramolecular Hbond substituents is 2. The van der Waals surface area contributed by atoms with E-state index in [9.17, 15) is 15.0 Å². The minimum absolute atomic E-state index is 0.00995. The van der Waals surface area contributed by atoms with Crippen molar-refractivity contribution in [3.05, 3.63) is 23.8 Å². The molecule has 1 saturated heterocycles. The SMILES string of the molecule is CNC1CCN(C(=O)c2c(O)cccc2O)C1. The summed E-state index contributed by atoms with van der Waals surface area (Å²) in [6.45, 7) is 1.24. The molecule has 1 heterocycles. The van der Waals surface area contributed by atoms with Gasteiger partial charge in [0, 0.05) is 19.1 Å². The Balaban J connectivity index is 2.21. The summed E-state index contributed by atoms with van der Waals surface area (Å²) < 4.78 is 0. The van der Waals surface area contributed by atoms with E-state index in [4.69, 9.17) is 0 Å². The highest BCUT2D eigenvalue weighted by molar-refractivity contribution is 5.99. The van der Waals surface area contributed by atoms with Crippen molar-refractivity contribution in [1.82, 2.24) is 10.2 Å². The maximum Gasteiger partial charge on any atom is 0.261 e. The number of nitrogens with zero attached hydrogens (tertiary/aromatic N) is 1. The van der Waals surface area contributed by atoms with E-state index in [1.165, 1.54) is 18.2 Å². The fourth-order valence-electron chi connectivity index (χ4n) is 2.09. The molecule has 0 spiro atoms. The molecule has 2 rings (SSSR count). The Morgan fingerprint density at radius 1 is 1.41 bits per heavy atom. The molecular weight excluding hydrogens is 220 g/mol. The number of likely N-dealkylation sites (N-methyl/N-ethyl adjacent to an activating group) is 1. The fourth-order valence-corrected chi connectivity index (χ4v) is 2.09. The third-order valence-corrected chi connectivity index (χ3v) is 3.12. The Kier molecular flexibility index (Phi) is 3.19. The van der Waals surface area contributed by atoms with E-state index in [1.807, 2.05) is 7.05 Å². The molecule has 0 saturated carbocycles. The number of amides is 1. The number of nitrogens with one attached hydrogen (secondary N) is 1. The number of carbonyl (C=O) groups excluding carboxylic acids is 1. The molecule has 0 aromatic heterocycles. The molecule has 0 bridgehead atoms. The van der Waals surface area contributed by atoms with Crippen LogP contribution < -0.4 is 5.32 Å². The van der Waals surface area contributed by atoms with Crippen LogP contribution in [0.25, 0.3) is 0 Å². The first-order chi connectivity index (χ1) is 8.13. The number of likely N-dealkylation sites (tertiary alicyclic amines) is 1. The zero-order valence-corrected chi connectivity index (χ0v) is 9.68. The van der Waals surface area contributed by atoms with E-state index >= 15 is 0 Å². The molecule has 0 radical (unpaired) electrons. The second-order valence-electron chi connectivity index (χ2n) is 4.20. The number of benzene rings is 1. The molecule has 1 aromatic carbocycles. The molecule has 1 aliphatic rings. The van der Waals surface area contributed by atoms with E-state index in [2.05, 4.69) is 5.32 Å². The predicted molar refractivity (Wildman–Crippen MR) is 63.1 cm³/mol. The van der Waals surface area contributed by atoms with Gasteiger partial charge in [-0.3, -0.25) is 4.79 Å². The molecule has 1 unspecified atom stereocenters. The standard InChI is InChI=1S/C12H16N2O3/c1-13-8-5-6-14(7-8)12(17)11-9(15)3-2-4-10(11)16/h2-4,8,13,15-16H,5-7H2,1H3. The number of hydrogen-bond acceptors (Lipinski definition) is 4. The van der Waals surface area contributed by atoms with Crippen molar-refractivity contribution in [2.75, 3.05) is 20.1 Å². The maximum absolute atomic E-state index is 12.1. The number of aromatic hydroxyl groups is 2. The second kappa shape index (κ2) is 4.63. The lowest BCUT2D eigenvalue weighted by atomic mass is 10.1. The van der Waals surface area contributed by atoms with Crippen molar-refractivity contribution in [3.63, 3.8) is 0 Å². The van der Waals surface area contributed by atoms with Gasteiger partial charge in [0.25, 0.3) is 5.91 Å². The lowest BCUT2D eigenvalue weighted by Crippen LogP contribution is -2.33. The van der Waals surface area contributed by atoms with E-state index in [1.54, 1.807) is 4.90 Å². The Labute approximate surface area is 99.7 Å². The summed E-state index contributed by atoms with van der Waals surface area (Å²) in [6.07, 6.45) is 0.886. The molecule has 5 heteroatoms. The molecule has 17 heavy (non-hydrogen) atoms. The van der Waals surface area contributed by atoms with Gasteiger partial charge < -0.3 is 20.4 Å². The molecule has 92 valence electrons. The molecule has 1 aliphatic heterocycles. The zero-order chi connectivity index (χ0) is 12.4. The van der Waals surface area contributed by atoms with Crippen LogP contribution in [-0.4, -0.2) is 47.2 Å². The van der Waals surface area contributed by atoms with E-state index < -0.39 is 0 Å². The van der Waals surface area contributed by atoms with Crippen molar-refractivity contribution in [2.45, 2.75) is 12.5 Å². The van der Waals surface area contributed by atoms with Gasteiger partial charge in [-0.2, -0.15) is 0 Å². The lowest BCUT2D eigenvalue weighted by Gasteiger charge is -2.17. The highest BCUT2D eigenvalue weighted by atomic mass is 16.3. The summed E-state index contributed by atoms with van der Waals surface area (Å²) in [7, 11) is 1.86. The van der Waals surface area contributed by atoms with E-state index in [0.29, 0.717) is 13.1 Å². The first-order valence-corrected chi connectivity index (χ1v) is 5.61. The number of rotatable bonds is 2. The van der Waals surface area contributed by atoms with Crippen molar-refractivity contribution >= 4 is 5.91 Å². The predicted octanol–water partition coefficient (Wildman–Crippen LogP) is 0.532. The van der Waals surface area contributed by atoms with Gasteiger partial charge in [-0.1, -0.05) is 6.07 Å². The quantitative estimate of drug-likeness (QED) is 0.700. The van der Waals surface area contributed by atoms with Crippen molar-refractivity contribution in [2.24, 2.45) is 0 Å².